The van der Waals surface area contributed by atoms with Crippen molar-refractivity contribution < 1.29 is 32.9 Å². The predicted molar refractivity (Wildman–Crippen MR) is 118 cm³/mol. The summed E-state index contributed by atoms with van der Waals surface area (Å²) in [4.78, 5) is 11.2. The highest BCUT2D eigenvalue weighted by molar-refractivity contribution is 5.88. The first-order valence-corrected chi connectivity index (χ1v) is 11.4. The molecule has 0 aliphatic rings. The Morgan fingerprint density at radius 3 is 2.00 bits per heavy atom. The normalized spacial score (nSPS) is 11.4. The van der Waals surface area contributed by atoms with E-state index in [1.165, 1.54) is 32.1 Å². The van der Waals surface area contributed by atoms with Crippen molar-refractivity contribution in [2.75, 3.05) is 13.2 Å². The van der Waals surface area contributed by atoms with E-state index >= 15 is 0 Å². The number of alkyl halides is 3. The fourth-order valence-corrected chi connectivity index (χ4v) is 2.96. The van der Waals surface area contributed by atoms with Gasteiger partial charge < -0.3 is 15.0 Å². The fraction of sp³-hybridized carbons (Fsp3) is 0.708. The van der Waals surface area contributed by atoms with Crippen LogP contribution in [0.2, 0.25) is 0 Å². The van der Waals surface area contributed by atoms with Crippen LogP contribution in [0.5, 0.6) is 5.75 Å². The molecular formula is C24H39F3O4. The molecule has 7 heteroatoms. The van der Waals surface area contributed by atoms with Gasteiger partial charge in [-0.25, -0.2) is 4.79 Å². The van der Waals surface area contributed by atoms with Crippen LogP contribution < -0.4 is 4.74 Å². The number of hydrogen-bond acceptors (Lipinski definition) is 4. The zero-order valence-corrected chi connectivity index (χ0v) is 18.9. The van der Waals surface area contributed by atoms with Gasteiger partial charge in [0.1, 0.15) is 5.75 Å². The molecule has 0 amide bonds. The summed E-state index contributed by atoms with van der Waals surface area (Å²) < 4.78 is 50.8. The average Bonchev–Trinajstić information content (AvgIpc) is 2.77. The summed E-state index contributed by atoms with van der Waals surface area (Å²) in [6.07, 6.45) is 8.89. The van der Waals surface area contributed by atoms with Crippen LogP contribution in [0, 0.1) is 0 Å². The summed E-state index contributed by atoms with van der Waals surface area (Å²) in [5.74, 6) is -1.45. The van der Waals surface area contributed by atoms with Crippen molar-refractivity contribution >= 4 is 5.97 Å². The number of carbonyl (C=O) groups is 1. The number of unbranched alkanes of at least 4 members (excludes halogenated alkanes) is 10. The number of benzene rings is 1. The van der Waals surface area contributed by atoms with Gasteiger partial charge in [0.25, 0.3) is 1.43 Å². The second-order valence-electron chi connectivity index (χ2n) is 7.60. The first-order chi connectivity index (χ1) is 15.3. The van der Waals surface area contributed by atoms with Gasteiger partial charge in [0.2, 0.25) is 0 Å². The molecule has 0 radical (unpaired) electrons. The lowest BCUT2D eigenvalue weighted by atomic mass is 10.1. The summed E-state index contributed by atoms with van der Waals surface area (Å²) >= 11 is 0. The van der Waals surface area contributed by atoms with Gasteiger partial charge in [0.05, 0.1) is 17.7 Å². The van der Waals surface area contributed by atoms with Crippen LogP contribution in [0.3, 0.4) is 0 Å². The second kappa shape index (κ2) is 17.9. The Kier molecular flexibility index (Phi) is 15.7. The molecule has 0 spiro atoms. The number of rotatable bonds is 15. The zero-order valence-electron chi connectivity index (χ0n) is 19.9. The first kappa shape index (κ1) is 27.3. The van der Waals surface area contributed by atoms with E-state index in [1.807, 2.05) is 0 Å². The van der Waals surface area contributed by atoms with E-state index in [9.17, 15) is 18.0 Å². The topological polar surface area (TPSA) is 66.8 Å². The molecule has 0 atom stereocenters. The predicted octanol–water partition coefficient (Wildman–Crippen LogP) is 7.48. The molecule has 0 heterocycles. The smallest absolute Gasteiger partial charge is 0.419 e. The van der Waals surface area contributed by atoms with Crippen molar-refractivity contribution in [3.05, 3.63) is 29.3 Å². The third-order valence-electron chi connectivity index (χ3n) is 4.79. The number of hydrogen-bond donors (Lipinski definition) is 2. The molecule has 0 bridgehead atoms. The molecule has 0 unspecified atom stereocenters. The van der Waals surface area contributed by atoms with Gasteiger partial charge in [-0.3, -0.25) is 0 Å². The van der Waals surface area contributed by atoms with Gasteiger partial charge in [-0.15, -0.1) is 0 Å². The number of aliphatic hydroxyl groups is 1. The summed E-state index contributed by atoms with van der Waals surface area (Å²) in [5, 5.41) is 12.1. The standard InChI is InChI=1S/C16H21F3O3.C8H18O/c1-2-3-4-5-6-7-10-22-14-9-8-12(15(20)21)11-13(14)16(17,18)19;1-2-3-4-5-6-7-8-9/h8-9,11H,2-7,10H2,1H3,(H,20,21);9H,2-8H2,1H3/i/hD. The minimum Gasteiger partial charge on any atom is -0.493 e. The number of aliphatic hydroxyl groups excluding tert-OH is 1. The molecule has 180 valence electrons. The van der Waals surface area contributed by atoms with E-state index < -0.39 is 17.7 Å². The maximum absolute atomic E-state index is 13.0. The number of carboxylic acids is 1. The SMILES string of the molecule is CCCCCCCCO.[2H]OC(=O)c1ccc(OCCCCCCCC)c(C(F)(F)F)c1. The summed E-state index contributed by atoms with van der Waals surface area (Å²) in [6, 6.07) is 2.89. The molecule has 2 N–H and O–H groups in total. The van der Waals surface area contributed by atoms with Gasteiger partial charge in [-0.05, 0) is 31.0 Å². The Bertz CT molecular complexity index is 603. The van der Waals surface area contributed by atoms with Crippen molar-refractivity contribution in [1.82, 2.24) is 0 Å². The molecule has 0 fully saturated rings. The minimum atomic E-state index is -4.64. The van der Waals surface area contributed by atoms with Crippen LogP contribution in [0.1, 0.15) is 107 Å². The average molecular weight is 450 g/mol. The maximum Gasteiger partial charge on any atom is 0.419 e. The molecular weight excluding hydrogens is 409 g/mol. The van der Waals surface area contributed by atoms with Crippen LogP contribution in [0.4, 0.5) is 13.2 Å². The lowest BCUT2D eigenvalue weighted by Crippen LogP contribution is -2.11. The third-order valence-corrected chi connectivity index (χ3v) is 4.79. The molecule has 0 aliphatic carbocycles. The Balaban J connectivity index is 0.000000900. The van der Waals surface area contributed by atoms with Crippen molar-refractivity contribution in [2.24, 2.45) is 0 Å². The highest BCUT2D eigenvalue weighted by Crippen LogP contribution is 2.37. The first-order valence-electron chi connectivity index (χ1n) is 11.8. The van der Waals surface area contributed by atoms with Crippen molar-refractivity contribution in [2.45, 2.75) is 97.1 Å². The van der Waals surface area contributed by atoms with E-state index in [4.69, 9.17) is 11.3 Å². The monoisotopic (exact) mass is 449 g/mol. The summed E-state index contributed by atoms with van der Waals surface area (Å²) in [5.41, 5.74) is -1.37. The maximum atomic E-state index is 13.0. The number of aromatic carboxylic acids is 1. The highest BCUT2D eigenvalue weighted by atomic mass is 19.4. The van der Waals surface area contributed by atoms with E-state index in [-0.39, 0.29) is 17.9 Å². The van der Waals surface area contributed by atoms with Crippen LogP contribution in [-0.2, 0) is 6.18 Å². The lowest BCUT2D eigenvalue weighted by Gasteiger charge is -2.14. The Morgan fingerprint density at radius 1 is 0.935 bits per heavy atom. The molecule has 0 saturated carbocycles. The zero-order chi connectivity index (χ0) is 24.2. The Hall–Kier alpha value is -1.76. The highest BCUT2D eigenvalue weighted by Gasteiger charge is 2.35. The van der Waals surface area contributed by atoms with Gasteiger partial charge in [-0.2, -0.15) is 13.2 Å². The second-order valence-corrected chi connectivity index (χ2v) is 7.60. The van der Waals surface area contributed by atoms with Crippen LogP contribution in [-0.4, -0.2) is 29.4 Å². The van der Waals surface area contributed by atoms with Gasteiger partial charge in [0.15, 0.2) is 0 Å². The largest absolute Gasteiger partial charge is 0.493 e. The van der Waals surface area contributed by atoms with E-state index in [1.54, 1.807) is 0 Å². The quantitative estimate of drug-likeness (QED) is 0.272. The van der Waals surface area contributed by atoms with Gasteiger partial charge in [-0.1, -0.05) is 78.1 Å². The summed E-state index contributed by atoms with van der Waals surface area (Å²) in [7, 11) is 0. The molecule has 4 nitrogen and oxygen atoms in total. The molecule has 1 aromatic rings. The lowest BCUT2D eigenvalue weighted by molar-refractivity contribution is -0.139. The Morgan fingerprint density at radius 2 is 1.48 bits per heavy atom. The molecule has 1 aromatic carbocycles. The van der Waals surface area contributed by atoms with E-state index in [2.05, 4.69) is 19.0 Å². The molecule has 31 heavy (non-hydrogen) atoms. The molecule has 0 aromatic heterocycles. The molecule has 0 aliphatic heterocycles. The van der Waals surface area contributed by atoms with E-state index in [0.29, 0.717) is 19.1 Å². The van der Waals surface area contributed by atoms with E-state index in [0.717, 1.165) is 50.7 Å². The fourth-order valence-electron chi connectivity index (χ4n) is 2.96. The third kappa shape index (κ3) is 14.8. The molecule has 0 saturated heterocycles. The van der Waals surface area contributed by atoms with Crippen LogP contribution >= 0.6 is 0 Å². The summed E-state index contributed by atoms with van der Waals surface area (Å²) in [6.45, 7) is 4.89. The van der Waals surface area contributed by atoms with Crippen molar-refractivity contribution in [3.63, 3.8) is 0 Å². The van der Waals surface area contributed by atoms with Crippen molar-refractivity contribution in [3.8, 4) is 5.75 Å². The number of carboxylic acid groups (broad SMARTS) is 1. The number of halogens is 3. The molecule has 1 rings (SSSR count). The van der Waals surface area contributed by atoms with Gasteiger partial charge >= 0.3 is 12.1 Å². The van der Waals surface area contributed by atoms with Gasteiger partial charge in [0, 0.05) is 6.61 Å². The van der Waals surface area contributed by atoms with Crippen LogP contribution in [0.25, 0.3) is 1.43 Å². The minimum absolute atomic E-state index is 0.192. The van der Waals surface area contributed by atoms with Crippen LogP contribution in [0.15, 0.2) is 18.2 Å². The Labute approximate surface area is 186 Å². The van der Waals surface area contributed by atoms with Crippen molar-refractivity contribution in [1.29, 1.82) is 1.43 Å². The number of ether oxygens (including phenoxy) is 1.